The Morgan fingerprint density at radius 3 is 2.15 bits per heavy atom. The molecule has 5 N–H and O–H groups in total. The van der Waals surface area contributed by atoms with Gasteiger partial charge in [-0.25, -0.2) is 0 Å². The van der Waals surface area contributed by atoms with Crippen LogP contribution in [-0.2, 0) is 0 Å². The molecule has 0 fully saturated rings. The topological polar surface area (TPSA) is 72.3 Å². The largest absolute Gasteiger partial charge is 0.398 e. The van der Waals surface area contributed by atoms with E-state index in [-0.39, 0.29) is 12.6 Å². The zero-order valence-corrected chi connectivity index (χ0v) is 8.04. The molecule has 0 aliphatic heterocycles. The fourth-order valence-electron chi connectivity index (χ4n) is 1.33. The first-order valence-corrected chi connectivity index (χ1v) is 4.29. The van der Waals surface area contributed by atoms with Gasteiger partial charge in [0, 0.05) is 5.69 Å². The van der Waals surface area contributed by atoms with Crippen LogP contribution in [0.25, 0.3) is 0 Å². The SMILES string of the molecule is Cc1cc(C(N)CO)cc(C)c1N. The van der Waals surface area contributed by atoms with Gasteiger partial charge >= 0.3 is 0 Å². The molecule has 0 amide bonds. The van der Waals surface area contributed by atoms with E-state index >= 15 is 0 Å². The molecule has 0 heterocycles. The highest BCUT2D eigenvalue weighted by Crippen LogP contribution is 2.21. The molecule has 1 rings (SSSR count). The van der Waals surface area contributed by atoms with Crippen molar-refractivity contribution in [2.24, 2.45) is 5.73 Å². The van der Waals surface area contributed by atoms with Crippen molar-refractivity contribution >= 4 is 5.69 Å². The molecule has 1 atom stereocenters. The maximum atomic E-state index is 8.88. The minimum Gasteiger partial charge on any atom is -0.398 e. The Morgan fingerprint density at radius 1 is 1.31 bits per heavy atom. The van der Waals surface area contributed by atoms with Crippen LogP contribution in [0.4, 0.5) is 5.69 Å². The summed E-state index contributed by atoms with van der Waals surface area (Å²) >= 11 is 0. The van der Waals surface area contributed by atoms with Gasteiger partial charge in [0.05, 0.1) is 12.6 Å². The van der Waals surface area contributed by atoms with Crippen LogP contribution in [0.3, 0.4) is 0 Å². The van der Waals surface area contributed by atoms with Gasteiger partial charge in [-0.3, -0.25) is 0 Å². The summed E-state index contributed by atoms with van der Waals surface area (Å²) in [6.07, 6.45) is 0. The van der Waals surface area contributed by atoms with Crippen molar-refractivity contribution in [3.8, 4) is 0 Å². The predicted molar refractivity (Wildman–Crippen MR) is 54.3 cm³/mol. The predicted octanol–water partition coefficient (Wildman–Crippen LogP) is 0.878. The monoisotopic (exact) mass is 180 g/mol. The second kappa shape index (κ2) is 3.77. The molecule has 1 aromatic carbocycles. The number of nitrogens with two attached hydrogens (primary N) is 2. The Hall–Kier alpha value is -1.06. The molecule has 3 nitrogen and oxygen atoms in total. The molecular weight excluding hydrogens is 164 g/mol. The van der Waals surface area contributed by atoms with E-state index < -0.39 is 0 Å². The third kappa shape index (κ3) is 1.99. The van der Waals surface area contributed by atoms with Crippen LogP contribution < -0.4 is 11.5 Å². The highest BCUT2D eigenvalue weighted by atomic mass is 16.3. The first-order valence-electron chi connectivity index (χ1n) is 4.29. The van der Waals surface area contributed by atoms with E-state index in [1.165, 1.54) is 0 Å². The van der Waals surface area contributed by atoms with Gasteiger partial charge in [-0.1, -0.05) is 12.1 Å². The summed E-state index contributed by atoms with van der Waals surface area (Å²) in [5.41, 5.74) is 15.2. The van der Waals surface area contributed by atoms with Gasteiger partial charge < -0.3 is 16.6 Å². The van der Waals surface area contributed by atoms with Gasteiger partial charge in [0.1, 0.15) is 0 Å². The third-order valence-corrected chi connectivity index (χ3v) is 2.24. The van der Waals surface area contributed by atoms with Crippen LogP contribution in [0.15, 0.2) is 12.1 Å². The van der Waals surface area contributed by atoms with E-state index in [9.17, 15) is 0 Å². The molecule has 72 valence electrons. The summed E-state index contributed by atoms with van der Waals surface area (Å²) in [4.78, 5) is 0. The molecule has 0 aliphatic rings. The highest BCUT2D eigenvalue weighted by molar-refractivity contribution is 5.54. The molecule has 0 saturated heterocycles. The molecule has 0 bridgehead atoms. The first kappa shape index (κ1) is 10.0. The van der Waals surface area contributed by atoms with Crippen molar-refractivity contribution in [3.05, 3.63) is 28.8 Å². The van der Waals surface area contributed by atoms with Crippen molar-refractivity contribution in [1.29, 1.82) is 0 Å². The Balaban J connectivity index is 3.13. The van der Waals surface area contributed by atoms with E-state index in [1.54, 1.807) is 0 Å². The number of aliphatic hydroxyl groups excluding tert-OH is 1. The normalized spacial score (nSPS) is 12.9. The van der Waals surface area contributed by atoms with E-state index in [2.05, 4.69) is 0 Å². The molecular formula is C10H16N2O. The maximum Gasteiger partial charge on any atom is 0.0624 e. The van der Waals surface area contributed by atoms with E-state index in [4.69, 9.17) is 16.6 Å². The summed E-state index contributed by atoms with van der Waals surface area (Å²) in [6.45, 7) is 3.84. The number of hydrogen-bond acceptors (Lipinski definition) is 3. The van der Waals surface area contributed by atoms with Crippen LogP contribution in [0, 0.1) is 13.8 Å². The number of hydrogen-bond donors (Lipinski definition) is 3. The summed E-state index contributed by atoms with van der Waals surface area (Å²) in [5, 5.41) is 8.88. The van der Waals surface area contributed by atoms with Crippen molar-refractivity contribution < 1.29 is 5.11 Å². The van der Waals surface area contributed by atoms with Crippen molar-refractivity contribution in [2.75, 3.05) is 12.3 Å². The Morgan fingerprint density at radius 2 is 1.77 bits per heavy atom. The number of aryl methyl sites for hydroxylation is 2. The molecule has 13 heavy (non-hydrogen) atoms. The number of rotatable bonds is 2. The Kier molecular flexibility index (Phi) is 2.90. The van der Waals surface area contributed by atoms with Gasteiger partial charge in [-0.15, -0.1) is 0 Å². The van der Waals surface area contributed by atoms with Crippen molar-refractivity contribution in [3.63, 3.8) is 0 Å². The summed E-state index contributed by atoms with van der Waals surface area (Å²) in [6, 6.07) is 3.53. The van der Waals surface area contributed by atoms with Gasteiger partial charge in [0.2, 0.25) is 0 Å². The maximum absolute atomic E-state index is 8.88. The molecule has 3 heteroatoms. The summed E-state index contributed by atoms with van der Waals surface area (Å²) in [7, 11) is 0. The Bertz CT molecular complexity index is 287. The first-order chi connectivity index (χ1) is 6.06. The van der Waals surface area contributed by atoms with Crippen LogP contribution in [0.2, 0.25) is 0 Å². The van der Waals surface area contributed by atoms with Gasteiger partial charge in [0.15, 0.2) is 0 Å². The van der Waals surface area contributed by atoms with E-state index in [0.717, 1.165) is 22.4 Å². The fourth-order valence-corrected chi connectivity index (χ4v) is 1.33. The lowest BCUT2D eigenvalue weighted by molar-refractivity contribution is 0.268. The number of anilines is 1. The highest BCUT2D eigenvalue weighted by Gasteiger charge is 2.07. The van der Waals surface area contributed by atoms with Crippen LogP contribution in [0.5, 0.6) is 0 Å². The second-order valence-corrected chi connectivity index (χ2v) is 3.36. The number of benzene rings is 1. The molecule has 1 unspecified atom stereocenters. The second-order valence-electron chi connectivity index (χ2n) is 3.36. The molecule has 0 aliphatic carbocycles. The van der Waals surface area contributed by atoms with E-state index in [0.29, 0.717) is 0 Å². The standard InChI is InChI=1S/C10H16N2O/c1-6-3-8(9(11)5-13)4-7(2)10(6)12/h3-4,9,13H,5,11-12H2,1-2H3. The molecule has 0 radical (unpaired) electrons. The summed E-state index contributed by atoms with van der Waals surface area (Å²) < 4.78 is 0. The lowest BCUT2D eigenvalue weighted by atomic mass is 10.0. The number of nitrogen functional groups attached to an aromatic ring is 1. The van der Waals surface area contributed by atoms with Gasteiger partial charge in [0.25, 0.3) is 0 Å². The fraction of sp³-hybridized carbons (Fsp3) is 0.400. The quantitative estimate of drug-likeness (QED) is 0.591. The third-order valence-electron chi connectivity index (χ3n) is 2.24. The van der Waals surface area contributed by atoms with Gasteiger partial charge in [-0.05, 0) is 30.5 Å². The minimum absolute atomic E-state index is 0.0389. The molecule has 0 spiro atoms. The van der Waals surface area contributed by atoms with Gasteiger partial charge in [-0.2, -0.15) is 0 Å². The molecule has 0 aromatic heterocycles. The Labute approximate surface area is 78.4 Å². The molecule has 0 saturated carbocycles. The number of aliphatic hydroxyl groups is 1. The van der Waals surface area contributed by atoms with Crippen molar-refractivity contribution in [1.82, 2.24) is 0 Å². The lowest BCUT2D eigenvalue weighted by Gasteiger charge is -2.12. The smallest absolute Gasteiger partial charge is 0.0624 e. The van der Waals surface area contributed by atoms with Crippen LogP contribution >= 0.6 is 0 Å². The van der Waals surface area contributed by atoms with Crippen molar-refractivity contribution in [2.45, 2.75) is 19.9 Å². The molecule has 1 aromatic rings. The average molecular weight is 180 g/mol. The average Bonchev–Trinajstić information content (AvgIpc) is 2.12. The summed E-state index contributed by atoms with van der Waals surface area (Å²) in [5.74, 6) is 0. The minimum atomic E-state index is -0.307. The van der Waals surface area contributed by atoms with Crippen LogP contribution in [-0.4, -0.2) is 11.7 Å². The van der Waals surface area contributed by atoms with E-state index in [1.807, 2.05) is 26.0 Å². The van der Waals surface area contributed by atoms with Crippen LogP contribution in [0.1, 0.15) is 22.7 Å². The lowest BCUT2D eigenvalue weighted by Crippen LogP contribution is -2.15. The zero-order chi connectivity index (χ0) is 10.0. The zero-order valence-electron chi connectivity index (χ0n) is 8.04.